The van der Waals surface area contributed by atoms with Gasteiger partial charge in [-0.05, 0) is 32.2 Å². The molecule has 1 aromatic rings. The second-order valence-corrected chi connectivity index (χ2v) is 5.53. The summed E-state index contributed by atoms with van der Waals surface area (Å²) in [5.74, 6) is 0.822. The lowest BCUT2D eigenvalue weighted by Crippen LogP contribution is -2.34. The van der Waals surface area contributed by atoms with Crippen LogP contribution in [0.1, 0.15) is 19.8 Å². The van der Waals surface area contributed by atoms with Gasteiger partial charge in [-0.2, -0.15) is 0 Å². The summed E-state index contributed by atoms with van der Waals surface area (Å²) in [6.07, 6.45) is 4.50. The molecule has 0 spiro atoms. The molecular formula is C12H19ClN4S. The minimum absolute atomic E-state index is 0.496. The van der Waals surface area contributed by atoms with Crippen molar-refractivity contribution in [2.24, 2.45) is 0 Å². The van der Waals surface area contributed by atoms with Gasteiger partial charge in [-0.1, -0.05) is 30.3 Å². The van der Waals surface area contributed by atoms with Crippen molar-refractivity contribution < 1.29 is 0 Å². The Morgan fingerprint density at radius 1 is 1.56 bits per heavy atom. The van der Waals surface area contributed by atoms with E-state index in [4.69, 9.17) is 11.6 Å². The van der Waals surface area contributed by atoms with Crippen molar-refractivity contribution in [2.45, 2.75) is 31.0 Å². The van der Waals surface area contributed by atoms with Crippen molar-refractivity contribution in [2.75, 3.05) is 31.2 Å². The summed E-state index contributed by atoms with van der Waals surface area (Å²) < 4.78 is 0. The van der Waals surface area contributed by atoms with E-state index in [1.54, 1.807) is 6.07 Å². The van der Waals surface area contributed by atoms with Gasteiger partial charge in [0, 0.05) is 18.7 Å². The highest BCUT2D eigenvalue weighted by molar-refractivity contribution is 7.98. The van der Waals surface area contributed by atoms with Crippen LogP contribution >= 0.6 is 23.4 Å². The number of nitrogens with one attached hydrogen (secondary N) is 1. The molecule has 18 heavy (non-hydrogen) atoms. The van der Waals surface area contributed by atoms with Crippen LogP contribution < -0.4 is 5.32 Å². The molecule has 1 aliphatic heterocycles. The average Bonchev–Trinajstić information content (AvgIpc) is 2.83. The Kier molecular flexibility index (Phi) is 5.09. The highest BCUT2D eigenvalue weighted by atomic mass is 35.5. The molecule has 100 valence electrons. The minimum atomic E-state index is 0.496. The normalized spacial score (nSPS) is 20.3. The molecule has 0 radical (unpaired) electrons. The molecule has 4 nitrogen and oxygen atoms in total. The van der Waals surface area contributed by atoms with E-state index in [1.165, 1.54) is 31.1 Å². The van der Waals surface area contributed by atoms with Crippen molar-refractivity contribution in [3.63, 3.8) is 0 Å². The van der Waals surface area contributed by atoms with Gasteiger partial charge < -0.3 is 5.32 Å². The number of likely N-dealkylation sites (tertiary alicyclic amines) is 1. The molecular weight excluding hydrogens is 268 g/mol. The van der Waals surface area contributed by atoms with Gasteiger partial charge >= 0.3 is 0 Å². The molecule has 1 fully saturated rings. The smallest absolute Gasteiger partial charge is 0.190 e. The van der Waals surface area contributed by atoms with E-state index in [2.05, 4.69) is 27.1 Å². The first-order chi connectivity index (χ1) is 8.72. The SMILES string of the molecule is CCN1CCCC1CNc1cc(Cl)nc(SC)n1. The van der Waals surface area contributed by atoms with Gasteiger partial charge in [0.15, 0.2) is 5.16 Å². The van der Waals surface area contributed by atoms with Gasteiger partial charge in [0.2, 0.25) is 0 Å². The monoisotopic (exact) mass is 286 g/mol. The standard InChI is InChI=1S/C12H19ClN4S/c1-3-17-6-4-5-9(17)8-14-11-7-10(13)15-12(16-11)18-2/h7,9H,3-6,8H2,1-2H3,(H,14,15,16). The van der Waals surface area contributed by atoms with E-state index in [-0.39, 0.29) is 0 Å². The van der Waals surface area contributed by atoms with Crippen LogP contribution in [0.4, 0.5) is 5.82 Å². The van der Waals surface area contributed by atoms with Crippen LogP contribution in [0.15, 0.2) is 11.2 Å². The number of rotatable bonds is 5. The summed E-state index contributed by atoms with van der Waals surface area (Å²) in [6, 6.07) is 2.40. The van der Waals surface area contributed by atoms with Crippen molar-refractivity contribution in [1.82, 2.24) is 14.9 Å². The lowest BCUT2D eigenvalue weighted by atomic mass is 10.2. The lowest BCUT2D eigenvalue weighted by molar-refractivity contribution is 0.277. The molecule has 0 bridgehead atoms. The Morgan fingerprint density at radius 2 is 2.39 bits per heavy atom. The maximum Gasteiger partial charge on any atom is 0.190 e. The molecule has 1 atom stereocenters. The summed E-state index contributed by atoms with van der Waals surface area (Å²) in [6.45, 7) is 5.47. The molecule has 0 amide bonds. The first kappa shape index (κ1) is 13.9. The van der Waals surface area contributed by atoms with E-state index in [1.807, 2.05) is 6.26 Å². The maximum atomic E-state index is 5.97. The van der Waals surface area contributed by atoms with E-state index in [0.717, 1.165) is 18.9 Å². The van der Waals surface area contributed by atoms with Crippen LogP contribution in [0.3, 0.4) is 0 Å². The summed E-state index contributed by atoms with van der Waals surface area (Å²) in [7, 11) is 0. The first-order valence-corrected chi connectivity index (χ1v) is 7.89. The van der Waals surface area contributed by atoms with Gasteiger partial charge in [-0.3, -0.25) is 4.90 Å². The van der Waals surface area contributed by atoms with Crippen LogP contribution in [-0.2, 0) is 0 Å². The number of aromatic nitrogens is 2. The van der Waals surface area contributed by atoms with Crippen LogP contribution in [0.5, 0.6) is 0 Å². The van der Waals surface area contributed by atoms with Gasteiger partial charge in [0.1, 0.15) is 11.0 Å². The number of thioether (sulfide) groups is 1. The average molecular weight is 287 g/mol. The van der Waals surface area contributed by atoms with Crippen LogP contribution in [0.25, 0.3) is 0 Å². The Labute approximate surface area is 118 Å². The Bertz CT molecular complexity index is 402. The summed E-state index contributed by atoms with van der Waals surface area (Å²) in [4.78, 5) is 11.0. The topological polar surface area (TPSA) is 41.0 Å². The Hall–Kier alpha value is -0.520. The molecule has 1 aromatic heterocycles. The number of halogens is 1. The van der Waals surface area contributed by atoms with Gasteiger partial charge in [-0.15, -0.1) is 0 Å². The van der Waals surface area contributed by atoms with Crippen molar-refractivity contribution in [3.8, 4) is 0 Å². The highest BCUT2D eigenvalue weighted by Crippen LogP contribution is 2.20. The van der Waals surface area contributed by atoms with Crippen LogP contribution in [0.2, 0.25) is 5.15 Å². The van der Waals surface area contributed by atoms with E-state index >= 15 is 0 Å². The van der Waals surface area contributed by atoms with E-state index < -0.39 is 0 Å². The molecule has 1 saturated heterocycles. The van der Waals surface area contributed by atoms with Crippen molar-refractivity contribution in [3.05, 3.63) is 11.2 Å². The lowest BCUT2D eigenvalue weighted by Gasteiger charge is -2.23. The minimum Gasteiger partial charge on any atom is -0.368 e. The molecule has 0 saturated carbocycles. The third-order valence-corrected chi connectivity index (χ3v) is 4.02. The molecule has 1 N–H and O–H groups in total. The molecule has 6 heteroatoms. The fourth-order valence-corrected chi connectivity index (χ4v) is 2.96. The summed E-state index contributed by atoms with van der Waals surface area (Å²) >= 11 is 7.47. The zero-order valence-electron chi connectivity index (χ0n) is 10.8. The van der Waals surface area contributed by atoms with Gasteiger partial charge in [-0.25, -0.2) is 9.97 Å². The van der Waals surface area contributed by atoms with Crippen molar-refractivity contribution in [1.29, 1.82) is 0 Å². The predicted octanol–water partition coefficient (Wildman–Crippen LogP) is 2.75. The molecule has 1 unspecified atom stereocenters. The molecule has 0 aromatic carbocycles. The third-order valence-electron chi connectivity index (χ3n) is 3.28. The van der Waals surface area contributed by atoms with Gasteiger partial charge in [0.05, 0.1) is 0 Å². The zero-order valence-corrected chi connectivity index (χ0v) is 12.4. The van der Waals surface area contributed by atoms with Crippen LogP contribution in [0, 0.1) is 0 Å². The number of nitrogens with zero attached hydrogens (tertiary/aromatic N) is 3. The second-order valence-electron chi connectivity index (χ2n) is 4.37. The predicted molar refractivity (Wildman–Crippen MR) is 77.6 cm³/mol. The van der Waals surface area contributed by atoms with Gasteiger partial charge in [0.25, 0.3) is 0 Å². The zero-order chi connectivity index (χ0) is 13.0. The molecule has 1 aliphatic rings. The molecule has 2 rings (SSSR count). The number of hydrogen-bond donors (Lipinski definition) is 1. The Balaban J connectivity index is 1.95. The highest BCUT2D eigenvalue weighted by Gasteiger charge is 2.22. The quantitative estimate of drug-likeness (QED) is 0.512. The van der Waals surface area contributed by atoms with E-state index in [9.17, 15) is 0 Å². The maximum absolute atomic E-state index is 5.97. The van der Waals surface area contributed by atoms with Crippen molar-refractivity contribution >= 4 is 29.2 Å². The summed E-state index contributed by atoms with van der Waals surface area (Å²) in [5, 5.41) is 4.58. The van der Waals surface area contributed by atoms with Crippen LogP contribution in [-0.4, -0.2) is 46.8 Å². The number of hydrogen-bond acceptors (Lipinski definition) is 5. The number of likely N-dealkylation sites (N-methyl/N-ethyl adjacent to an activating group) is 1. The molecule has 2 heterocycles. The molecule has 0 aliphatic carbocycles. The fourth-order valence-electron chi connectivity index (χ4n) is 2.34. The van der Waals surface area contributed by atoms with E-state index in [0.29, 0.717) is 16.4 Å². The second kappa shape index (κ2) is 6.59. The fraction of sp³-hybridized carbons (Fsp3) is 0.667. The third kappa shape index (κ3) is 3.49. The number of anilines is 1. The summed E-state index contributed by atoms with van der Waals surface area (Å²) in [5.41, 5.74) is 0. The largest absolute Gasteiger partial charge is 0.368 e. The first-order valence-electron chi connectivity index (χ1n) is 6.29. The Morgan fingerprint density at radius 3 is 3.11 bits per heavy atom.